The highest BCUT2D eigenvalue weighted by Gasteiger charge is 2.39. The standard InChI is InChI=1S/C13H20O2/c1-15-13(8-5-9-13)10-12(14)11-6-3-2-4-7-11/h6H,2-5,7-10H2,1H3. The second-order valence-corrected chi connectivity index (χ2v) is 4.82. The Kier molecular flexibility index (Phi) is 3.25. The van der Waals surface area contributed by atoms with Crippen LogP contribution in [0.4, 0.5) is 0 Å². The van der Waals surface area contributed by atoms with Gasteiger partial charge in [0.15, 0.2) is 5.78 Å². The Morgan fingerprint density at radius 2 is 2.20 bits per heavy atom. The van der Waals surface area contributed by atoms with Crippen molar-refractivity contribution in [1.82, 2.24) is 0 Å². The number of rotatable bonds is 4. The van der Waals surface area contributed by atoms with Crippen molar-refractivity contribution < 1.29 is 9.53 Å². The van der Waals surface area contributed by atoms with Gasteiger partial charge in [-0.2, -0.15) is 0 Å². The van der Waals surface area contributed by atoms with Crippen LogP contribution in [-0.4, -0.2) is 18.5 Å². The second kappa shape index (κ2) is 4.48. The highest BCUT2D eigenvalue weighted by atomic mass is 16.5. The molecule has 0 radical (unpaired) electrons. The lowest BCUT2D eigenvalue weighted by molar-refractivity contribution is -0.129. The number of methoxy groups -OCH3 is 1. The number of hydrogen-bond acceptors (Lipinski definition) is 2. The normalized spacial score (nSPS) is 24.2. The first kappa shape index (κ1) is 10.9. The molecule has 2 rings (SSSR count). The summed E-state index contributed by atoms with van der Waals surface area (Å²) in [6.45, 7) is 0. The first-order chi connectivity index (χ1) is 7.26. The lowest BCUT2D eigenvalue weighted by Gasteiger charge is -2.40. The van der Waals surface area contributed by atoms with Crippen LogP contribution in [0.5, 0.6) is 0 Å². The molecule has 0 N–H and O–H groups in total. The minimum absolute atomic E-state index is 0.102. The number of Topliss-reactive ketones (excluding diaryl/α,β-unsaturated/α-hetero) is 1. The van der Waals surface area contributed by atoms with Crippen LogP contribution in [0.2, 0.25) is 0 Å². The predicted molar refractivity (Wildman–Crippen MR) is 59.8 cm³/mol. The smallest absolute Gasteiger partial charge is 0.161 e. The molecule has 2 nitrogen and oxygen atoms in total. The minimum Gasteiger partial charge on any atom is -0.378 e. The van der Waals surface area contributed by atoms with Crippen LogP contribution in [0, 0.1) is 0 Å². The molecule has 15 heavy (non-hydrogen) atoms. The first-order valence-electron chi connectivity index (χ1n) is 6.03. The van der Waals surface area contributed by atoms with Crippen molar-refractivity contribution >= 4 is 5.78 Å². The third-order valence-corrected chi connectivity index (χ3v) is 3.83. The SMILES string of the molecule is COC1(CC(=O)C2=CCCCC2)CCC1. The summed E-state index contributed by atoms with van der Waals surface area (Å²) in [6.07, 6.45) is 10.6. The highest BCUT2D eigenvalue weighted by molar-refractivity contribution is 5.96. The van der Waals surface area contributed by atoms with Crippen LogP contribution in [0.1, 0.15) is 51.4 Å². The van der Waals surface area contributed by atoms with E-state index in [1.54, 1.807) is 7.11 Å². The number of allylic oxidation sites excluding steroid dienone is 2. The van der Waals surface area contributed by atoms with Crippen molar-refractivity contribution in [2.75, 3.05) is 7.11 Å². The quantitative estimate of drug-likeness (QED) is 0.710. The predicted octanol–water partition coefficient (Wildman–Crippen LogP) is 3.02. The van der Waals surface area contributed by atoms with E-state index >= 15 is 0 Å². The fourth-order valence-corrected chi connectivity index (χ4v) is 2.52. The summed E-state index contributed by atoms with van der Waals surface area (Å²) in [5, 5.41) is 0. The topological polar surface area (TPSA) is 26.3 Å². The van der Waals surface area contributed by atoms with Gasteiger partial charge in [0.25, 0.3) is 0 Å². The zero-order chi connectivity index (χ0) is 10.7. The maximum Gasteiger partial charge on any atom is 0.161 e. The van der Waals surface area contributed by atoms with Crippen molar-refractivity contribution in [1.29, 1.82) is 0 Å². The summed E-state index contributed by atoms with van der Waals surface area (Å²) >= 11 is 0. The third-order valence-electron chi connectivity index (χ3n) is 3.83. The van der Waals surface area contributed by atoms with Gasteiger partial charge in [-0.05, 0) is 50.5 Å². The van der Waals surface area contributed by atoms with Crippen LogP contribution < -0.4 is 0 Å². The molecule has 0 aliphatic heterocycles. The van der Waals surface area contributed by atoms with E-state index in [0.717, 1.165) is 31.3 Å². The van der Waals surface area contributed by atoms with Crippen molar-refractivity contribution in [2.45, 2.75) is 57.0 Å². The van der Waals surface area contributed by atoms with E-state index in [4.69, 9.17) is 4.74 Å². The summed E-state index contributed by atoms with van der Waals surface area (Å²) in [5.74, 6) is 0.330. The van der Waals surface area contributed by atoms with Gasteiger partial charge in [-0.25, -0.2) is 0 Å². The summed E-state index contributed by atoms with van der Waals surface area (Å²) in [7, 11) is 1.74. The minimum atomic E-state index is -0.102. The maximum absolute atomic E-state index is 12.0. The van der Waals surface area contributed by atoms with Gasteiger partial charge in [0.2, 0.25) is 0 Å². The van der Waals surface area contributed by atoms with Gasteiger partial charge in [0.05, 0.1) is 5.60 Å². The van der Waals surface area contributed by atoms with Crippen molar-refractivity contribution in [3.05, 3.63) is 11.6 Å². The molecule has 0 spiro atoms. The largest absolute Gasteiger partial charge is 0.378 e. The van der Waals surface area contributed by atoms with Crippen LogP contribution in [0.15, 0.2) is 11.6 Å². The van der Waals surface area contributed by atoms with Gasteiger partial charge in [-0.15, -0.1) is 0 Å². The molecule has 0 saturated heterocycles. The van der Waals surface area contributed by atoms with E-state index in [1.165, 1.54) is 19.3 Å². The lowest BCUT2D eigenvalue weighted by atomic mass is 9.75. The van der Waals surface area contributed by atoms with E-state index in [0.29, 0.717) is 12.2 Å². The van der Waals surface area contributed by atoms with Gasteiger partial charge in [-0.1, -0.05) is 6.08 Å². The Balaban J connectivity index is 1.93. The van der Waals surface area contributed by atoms with Crippen molar-refractivity contribution in [2.24, 2.45) is 0 Å². The molecule has 0 bridgehead atoms. The second-order valence-electron chi connectivity index (χ2n) is 4.82. The lowest BCUT2D eigenvalue weighted by Crippen LogP contribution is -2.41. The maximum atomic E-state index is 12.0. The zero-order valence-corrected chi connectivity index (χ0v) is 9.55. The fraction of sp³-hybridized carbons (Fsp3) is 0.769. The van der Waals surface area contributed by atoms with E-state index in [1.807, 2.05) is 0 Å². The van der Waals surface area contributed by atoms with Gasteiger partial charge in [0.1, 0.15) is 0 Å². The summed E-state index contributed by atoms with van der Waals surface area (Å²) < 4.78 is 5.49. The van der Waals surface area contributed by atoms with Crippen LogP contribution >= 0.6 is 0 Å². The Labute approximate surface area is 91.7 Å². The number of hydrogen-bond donors (Lipinski definition) is 0. The molecule has 84 valence electrons. The molecular weight excluding hydrogens is 188 g/mol. The van der Waals surface area contributed by atoms with Crippen molar-refractivity contribution in [3.63, 3.8) is 0 Å². The molecule has 2 aliphatic carbocycles. The molecular formula is C13H20O2. The van der Waals surface area contributed by atoms with Crippen LogP contribution in [0.3, 0.4) is 0 Å². The average Bonchev–Trinajstić information content (AvgIpc) is 2.24. The molecule has 0 aromatic carbocycles. The molecule has 0 unspecified atom stereocenters. The van der Waals surface area contributed by atoms with E-state index < -0.39 is 0 Å². The molecule has 1 fully saturated rings. The first-order valence-corrected chi connectivity index (χ1v) is 6.03. The van der Waals surface area contributed by atoms with E-state index in [2.05, 4.69) is 6.08 Å². The molecule has 0 atom stereocenters. The molecule has 2 aliphatic rings. The molecule has 0 heterocycles. The summed E-state index contributed by atoms with van der Waals surface area (Å²) in [6, 6.07) is 0. The monoisotopic (exact) mass is 208 g/mol. The van der Waals surface area contributed by atoms with Gasteiger partial charge < -0.3 is 4.74 Å². The van der Waals surface area contributed by atoms with Crippen LogP contribution in [0.25, 0.3) is 0 Å². The summed E-state index contributed by atoms with van der Waals surface area (Å²) in [5.41, 5.74) is 0.958. The molecule has 0 amide bonds. The van der Waals surface area contributed by atoms with Crippen LogP contribution in [-0.2, 0) is 9.53 Å². The fourth-order valence-electron chi connectivity index (χ4n) is 2.52. The molecule has 1 saturated carbocycles. The van der Waals surface area contributed by atoms with E-state index in [9.17, 15) is 4.79 Å². The van der Waals surface area contributed by atoms with Gasteiger partial charge in [0, 0.05) is 13.5 Å². The third kappa shape index (κ3) is 2.31. The Bertz CT molecular complexity index is 269. The number of ether oxygens (including phenoxy) is 1. The number of carbonyl (C=O) groups excluding carboxylic acids is 1. The molecule has 0 aromatic heterocycles. The highest BCUT2D eigenvalue weighted by Crippen LogP contribution is 2.39. The van der Waals surface area contributed by atoms with Crippen molar-refractivity contribution in [3.8, 4) is 0 Å². The van der Waals surface area contributed by atoms with E-state index in [-0.39, 0.29) is 5.60 Å². The van der Waals surface area contributed by atoms with Gasteiger partial charge in [-0.3, -0.25) is 4.79 Å². The Hall–Kier alpha value is -0.630. The summed E-state index contributed by atoms with van der Waals surface area (Å²) in [4.78, 5) is 12.0. The Morgan fingerprint density at radius 1 is 1.40 bits per heavy atom. The number of ketones is 1. The number of carbonyl (C=O) groups is 1. The molecule has 0 aromatic rings. The Morgan fingerprint density at radius 3 is 2.67 bits per heavy atom. The van der Waals surface area contributed by atoms with Gasteiger partial charge >= 0.3 is 0 Å². The zero-order valence-electron chi connectivity index (χ0n) is 9.55. The average molecular weight is 208 g/mol. The molecule has 2 heteroatoms.